The third-order valence-electron chi connectivity index (χ3n) is 2.67. The van der Waals surface area contributed by atoms with Gasteiger partial charge in [0.25, 0.3) is 23.6 Å². The molecule has 1 aromatic carbocycles. The highest BCUT2D eigenvalue weighted by atomic mass is 16.2. The van der Waals surface area contributed by atoms with E-state index >= 15 is 0 Å². The van der Waals surface area contributed by atoms with Gasteiger partial charge in [0.15, 0.2) is 0 Å². The lowest BCUT2D eigenvalue weighted by Gasteiger charge is -1.92. The van der Waals surface area contributed by atoms with Gasteiger partial charge in [-0.3, -0.25) is 29.8 Å². The third kappa shape index (κ3) is 4.38. The van der Waals surface area contributed by atoms with Gasteiger partial charge in [0.1, 0.15) is 0 Å². The number of amides is 4. The van der Waals surface area contributed by atoms with Gasteiger partial charge in [-0.2, -0.15) is 0 Å². The molecule has 0 atom stereocenters. The van der Waals surface area contributed by atoms with Gasteiger partial charge in [-0.05, 0) is 11.6 Å². The number of imide groups is 2. The maximum absolute atomic E-state index is 11.2. The Hall–Kier alpha value is -3.28. The Labute approximate surface area is 126 Å². The SMILES string of the molecule is O=C1C=C(C=Cc2ccccc2)C(=O)N1.O=C1C=CC(=O)N1. The summed E-state index contributed by atoms with van der Waals surface area (Å²) in [5.41, 5.74) is 1.38. The van der Waals surface area contributed by atoms with Crippen LogP contribution in [-0.4, -0.2) is 23.6 Å². The molecule has 2 N–H and O–H groups in total. The normalized spacial score (nSPS) is 16.3. The molecule has 0 spiro atoms. The first-order valence-corrected chi connectivity index (χ1v) is 6.38. The van der Waals surface area contributed by atoms with E-state index in [1.54, 1.807) is 12.2 Å². The van der Waals surface area contributed by atoms with Gasteiger partial charge < -0.3 is 0 Å². The highest BCUT2D eigenvalue weighted by Crippen LogP contribution is 2.08. The molecule has 0 saturated heterocycles. The van der Waals surface area contributed by atoms with Crippen LogP contribution in [0.1, 0.15) is 5.56 Å². The summed E-state index contributed by atoms with van der Waals surface area (Å²) in [6.07, 6.45) is 7.12. The lowest BCUT2D eigenvalue weighted by molar-refractivity contribution is -0.125. The molecule has 0 radical (unpaired) electrons. The average molecular weight is 296 g/mol. The molecule has 6 nitrogen and oxygen atoms in total. The molecule has 4 amide bonds. The van der Waals surface area contributed by atoms with Crippen molar-refractivity contribution in [3.8, 4) is 0 Å². The minimum atomic E-state index is -0.354. The Morgan fingerprint density at radius 2 is 1.36 bits per heavy atom. The first-order valence-electron chi connectivity index (χ1n) is 6.38. The Balaban J connectivity index is 0.000000211. The number of hydrogen-bond acceptors (Lipinski definition) is 4. The second-order valence-electron chi connectivity index (χ2n) is 4.35. The number of carbonyl (C=O) groups excluding carboxylic acids is 4. The Morgan fingerprint density at radius 3 is 1.82 bits per heavy atom. The summed E-state index contributed by atoms with van der Waals surface area (Å²) in [5.74, 6) is -1.35. The maximum atomic E-state index is 11.2. The predicted octanol–water partition coefficient (Wildman–Crippen LogP) is 0.482. The van der Waals surface area contributed by atoms with Crippen molar-refractivity contribution in [2.24, 2.45) is 0 Å². The van der Waals surface area contributed by atoms with Crippen LogP contribution in [0, 0.1) is 0 Å². The number of carbonyl (C=O) groups is 4. The average Bonchev–Trinajstić information content (AvgIpc) is 3.03. The minimum absolute atomic E-state index is 0.329. The lowest BCUT2D eigenvalue weighted by atomic mass is 10.1. The summed E-state index contributed by atoms with van der Waals surface area (Å²) < 4.78 is 0. The van der Waals surface area contributed by atoms with Crippen molar-refractivity contribution < 1.29 is 19.2 Å². The molecule has 1 aromatic rings. The van der Waals surface area contributed by atoms with Gasteiger partial charge in [-0.1, -0.05) is 36.4 Å². The minimum Gasteiger partial charge on any atom is -0.289 e. The van der Waals surface area contributed by atoms with Gasteiger partial charge in [-0.25, -0.2) is 0 Å². The fraction of sp³-hybridized carbons (Fsp3) is 0. The largest absolute Gasteiger partial charge is 0.289 e. The Bertz CT molecular complexity index is 699. The van der Waals surface area contributed by atoms with Crippen molar-refractivity contribution in [3.05, 3.63) is 65.8 Å². The standard InChI is InChI=1S/C12H9NO2.C4H3NO2/c14-11-8-10(12(15)13-11)7-6-9-4-2-1-3-5-9;6-3-1-2-4(7)5-3/h1-8H,(H,13,14,15);1-2H,(H,5,6,7). The van der Waals surface area contributed by atoms with Gasteiger partial charge in [0, 0.05) is 23.8 Å². The van der Waals surface area contributed by atoms with E-state index in [4.69, 9.17) is 0 Å². The van der Waals surface area contributed by atoms with Gasteiger partial charge in [0.2, 0.25) is 0 Å². The topological polar surface area (TPSA) is 92.3 Å². The summed E-state index contributed by atoms with van der Waals surface area (Å²) in [5, 5.41) is 4.21. The van der Waals surface area contributed by atoms with Crippen LogP contribution in [-0.2, 0) is 19.2 Å². The molecule has 0 bridgehead atoms. The summed E-state index contributed by atoms with van der Waals surface area (Å²) in [6.45, 7) is 0. The highest BCUT2D eigenvalue weighted by Gasteiger charge is 2.17. The van der Waals surface area contributed by atoms with Crippen LogP contribution in [0.5, 0.6) is 0 Å². The van der Waals surface area contributed by atoms with E-state index in [2.05, 4.69) is 5.32 Å². The van der Waals surface area contributed by atoms with Crippen LogP contribution >= 0.6 is 0 Å². The second-order valence-corrected chi connectivity index (χ2v) is 4.35. The van der Waals surface area contributed by atoms with Crippen molar-refractivity contribution in [2.75, 3.05) is 0 Å². The molecular weight excluding hydrogens is 284 g/mol. The van der Waals surface area contributed by atoms with E-state index in [1.165, 1.54) is 18.2 Å². The fourth-order valence-corrected chi connectivity index (χ4v) is 1.66. The van der Waals surface area contributed by atoms with Gasteiger partial charge >= 0.3 is 0 Å². The number of benzene rings is 1. The molecule has 0 fully saturated rings. The van der Waals surface area contributed by atoms with Crippen molar-refractivity contribution in [1.29, 1.82) is 0 Å². The van der Waals surface area contributed by atoms with E-state index in [1.807, 2.05) is 35.6 Å². The van der Waals surface area contributed by atoms with E-state index in [0.717, 1.165) is 5.56 Å². The summed E-state index contributed by atoms with van der Waals surface area (Å²) in [4.78, 5) is 42.1. The van der Waals surface area contributed by atoms with E-state index in [0.29, 0.717) is 5.57 Å². The summed E-state index contributed by atoms with van der Waals surface area (Å²) in [7, 11) is 0. The molecule has 110 valence electrons. The predicted molar refractivity (Wildman–Crippen MR) is 79.0 cm³/mol. The monoisotopic (exact) mass is 296 g/mol. The maximum Gasteiger partial charge on any atom is 0.258 e. The Morgan fingerprint density at radius 1 is 0.727 bits per heavy atom. The van der Waals surface area contributed by atoms with E-state index in [-0.39, 0.29) is 23.6 Å². The second kappa shape index (κ2) is 6.94. The zero-order valence-corrected chi connectivity index (χ0v) is 11.4. The third-order valence-corrected chi connectivity index (χ3v) is 2.67. The number of hydrogen-bond donors (Lipinski definition) is 2. The van der Waals surface area contributed by atoms with Crippen molar-refractivity contribution in [1.82, 2.24) is 10.6 Å². The molecular formula is C16H12N2O4. The molecule has 0 aliphatic carbocycles. The zero-order valence-electron chi connectivity index (χ0n) is 11.4. The number of nitrogens with one attached hydrogen (secondary N) is 2. The summed E-state index contributed by atoms with van der Waals surface area (Å²) >= 11 is 0. The van der Waals surface area contributed by atoms with Crippen LogP contribution in [0.4, 0.5) is 0 Å². The van der Waals surface area contributed by atoms with Crippen LogP contribution in [0.15, 0.2) is 60.2 Å². The van der Waals surface area contributed by atoms with Crippen LogP contribution in [0.2, 0.25) is 0 Å². The van der Waals surface area contributed by atoms with Gasteiger partial charge in [0.05, 0.1) is 0 Å². The highest BCUT2D eigenvalue weighted by molar-refractivity contribution is 6.18. The van der Waals surface area contributed by atoms with Crippen LogP contribution in [0.3, 0.4) is 0 Å². The van der Waals surface area contributed by atoms with Crippen LogP contribution < -0.4 is 10.6 Å². The molecule has 0 unspecified atom stereocenters. The summed E-state index contributed by atoms with van der Waals surface area (Å²) in [6, 6.07) is 9.59. The molecule has 2 aliphatic rings. The van der Waals surface area contributed by atoms with Crippen molar-refractivity contribution >= 4 is 29.7 Å². The molecule has 2 heterocycles. The smallest absolute Gasteiger partial charge is 0.258 e. The zero-order chi connectivity index (χ0) is 15.9. The number of rotatable bonds is 2. The quantitative estimate of drug-likeness (QED) is 0.776. The van der Waals surface area contributed by atoms with E-state index < -0.39 is 0 Å². The van der Waals surface area contributed by atoms with Crippen molar-refractivity contribution in [2.45, 2.75) is 0 Å². The molecule has 3 rings (SSSR count). The lowest BCUT2D eigenvalue weighted by Crippen LogP contribution is -2.21. The molecule has 22 heavy (non-hydrogen) atoms. The Kier molecular flexibility index (Phi) is 4.77. The first-order chi connectivity index (χ1) is 10.5. The molecule has 0 aromatic heterocycles. The van der Waals surface area contributed by atoms with Gasteiger partial charge in [-0.15, -0.1) is 0 Å². The first kappa shape index (κ1) is 15.1. The fourth-order valence-electron chi connectivity index (χ4n) is 1.66. The van der Waals surface area contributed by atoms with Crippen molar-refractivity contribution in [3.63, 3.8) is 0 Å². The van der Waals surface area contributed by atoms with Crippen LogP contribution in [0.25, 0.3) is 6.08 Å². The molecule has 2 aliphatic heterocycles. The van der Waals surface area contributed by atoms with E-state index in [9.17, 15) is 19.2 Å². The molecule has 0 saturated carbocycles. The molecule has 6 heteroatoms.